The van der Waals surface area contributed by atoms with Crippen molar-refractivity contribution in [2.75, 3.05) is 44.2 Å². The summed E-state index contributed by atoms with van der Waals surface area (Å²) in [6, 6.07) is 10.3. The molecule has 2 heterocycles. The molecule has 0 aliphatic carbocycles. The third-order valence-corrected chi connectivity index (χ3v) is 6.94. The molecular formula is C22H24ClN5O3S. The Balaban J connectivity index is 1.29. The van der Waals surface area contributed by atoms with Gasteiger partial charge in [0.2, 0.25) is 0 Å². The maximum absolute atomic E-state index is 12.4. The van der Waals surface area contributed by atoms with Crippen molar-refractivity contribution in [3.63, 3.8) is 0 Å². The van der Waals surface area contributed by atoms with Gasteiger partial charge in [0.1, 0.15) is 5.56 Å². The average molecular weight is 474 g/mol. The molecule has 0 saturated carbocycles. The predicted molar refractivity (Wildman–Crippen MR) is 128 cm³/mol. The van der Waals surface area contributed by atoms with Crippen molar-refractivity contribution in [3.05, 3.63) is 62.7 Å². The minimum atomic E-state index is -0.573. The Hall–Kier alpha value is -2.75. The third-order valence-electron chi connectivity index (χ3n) is 5.63. The number of fused-ring (bicyclic) bond motifs is 1. The lowest BCUT2D eigenvalue weighted by atomic mass is 10.1. The van der Waals surface area contributed by atoms with E-state index >= 15 is 0 Å². The summed E-state index contributed by atoms with van der Waals surface area (Å²) in [7, 11) is 0. The van der Waals surface area contributed by atoms with Crippen molar-refractivity contribution in [1.82, 2.24) is 15.2 Å². The van der Waals surface area contributed by atoms with Gasteiger partial charge in [-0.25, -0.2) is 4.98 Å². The zero-order valence-electron chi connectivity index (χ0n) is 17.7. The average Bonchev–Trinajstić information content (AvgIpc) is 3.23. The second-order valence-electron chi connectivity index (χ2n) is 7.62. The first-order valence-corrected chi connectivity index (χ1v) is 11.7. The first-order valence-electron chi connectivity index (χ1n) is 10.5. The van der Waals surface area contributed by atoms with Gasteiger partial charge in [-0.05, 0) is 30.2 Å². The Bertz CT molecular complexity index is 1140. The minimum Gasteiger partial charge on any atom is -0.351 e. The number of rotatable bonds is 7. The number of halogens is 1. The molecule has 1 aliphatic heterocycles. The highest BCUT2D eigenvalue weighted by molar-refractivity contribution is 7.22. The van der Waals surface area contributed by atoms with Crippen LogP contribution in [0.2, 0.25) is 5.02 Å². The normalized spacial score (nSPS) is 14.6. The molecule has 4 rings (SSSR count). The summed E-state index contributed by atoms with van der Waals surface area (Å²) in [6.07, 6.45) is 0.971. The molecule has 0 radical (unpaired) electrons. The number of anilines is 1. The Morgan fingerprint density at radius 3 is 2.75 bits per heavy atom. The molecule has 1 aliphatic rings. The largest absolute Gasteiger partial charge is 0.351 e. The molecule has 1 saturated heterocycles. The van der Waals surface area contributed by atoms with Gasteiger partial charge in [0.25, 0.3) is 11.6 Å². The van der Waals surface area contributed by atoms with Gasteiger partial charge >= 0.3 is 0 Å². The molecule has 32 heavy (non-hydrogen) atoms. The van der Waals surface area contributed by atoms with Crippen LogP contribution in [0.15, 0.2) is 36.4 Å². The molecule has 1 fully saturated rings. The van der Waals surface area contributed by atoms with Gasteiger partial charge in [0.05, 0.1) is 15.1 Å². The van der Waals surface area contributed by atoms with Crippen molar-refractivity contribution in [1.29, 1.82) is 0 Å². The summed E-state index contributed by atoms with van der Waals surface area (Å²) in [4.78, 5) is 32.5. The fraction of sp³-hybridized carbons (Fsp3) is 0.364. The lowest BCUT2D eigenvalue weighted by Crippen LogP contribution is -2.48. The molecule has 10 heteroatoms. The maximum atomic E-state index is 12.4. The van der Waals surface area contributed by atoms with Gasteiger partial charge < -0.3 is 10.2 Å². The highest BCUT2D eigenvalue weighted by Crippen LogP contribution is 2.31. The van der Waals surface area contributed by atoms with E-state index in [9.17, 15) is 14.9 Å². The van der Waals surface area contributed by atoms with Crippen molar-refractivity contribution >= 4 is 49.9 Å². The van der Waals surface area contributed by atoms with E-state index in [4.69, 9.17) is 16.6 Å². The van der Waals surface area contributed by atoms with Gasteiger partial charge in [-0.15, -0.1) is 0 Å². The van der Waals surface area contributed by atoms with Crippen LogP contribution in [0.25, 0.3) is 10.2 Å². The topological polar surface area (TPSA) is 91.6 Å². The van der Waals surface area contributed by atoms with Crippen molar-refractivity contribution < 1.29 is 9.72 Å². The van der Waals surface area contributed by atoms with Crippen LogP contribution in [0, 0.1) is 10.1 Å². The zero-order chi connectivity index (χ0) is 22.7. The number of thiazole rings is 1. The van der Waals surface area contributed by atoms with Crippen LogP contribution in [0.3, 0.4) is 0 Å². The number of aryl methyl sites for hydroxylation is 1. The molecule has 0 unspecified atom stereocenters. The molecule has 2 aromatic carbocycles. The van der Waals surface area contributed by atoms with Gasteiger partial charge in [0, 0.05) is 50.4 Å². The quantitative estimate of drug-likeness (QED) is 0.412. The Kier molecular flexibility index (Phi) is 6.88. The second kappa shape index (κ2) is 9.81. The summed E-state index contributed by atoms with van der Waals surface area (Å²) in [6.45, 7) is 6.70. The number of carbonyl (C=O) groups excluding carboxylic acids is 1. The van der Waals surface area contributed by atoms with Gasteiger partial charge in [0.15, 0.2) is 5.13 Å². The maximum Gasteiger partial charge on any atom is 0.282 e. The van der Waals surface area contributed by atoms with E-state index in [1.54, 1.807) is 11.3 Å². The molecule has 8 nitrogen and oxygen atoms in total. The van der Waals surface area contributed by atoms with Crippen molar-refractivity contribution in [2.45, 2.75) is 13.3 Å². The fourth-order valence-corrected chi connectivity index (χ4v) is 5.09. The summed E-state index contributed by atoms with van der Waals surface area (Å²) >= 11 is 7.64. The lowest BCUT2D eigenvalue weighted by molar-refractivity contribution is -0.385. The van der Waals surface area contributed by atoms with Crippen LogP contribution < -0.4 is 10.2 Å². The van der Waals surface area contributed by atoms with Crippen LogP contribution in [0.4, 0.5) is 10.8 Å². The molecule has 0 bridgehead atoms. The van der Waals surface area contributed by atoms with Crippen LogP contribution >= 0.6 is 22.9 Å². The van der Waals surface area contributed by atoms with Crippen LogP contribution in [-0.4, -0.2) is 60.0 Å². The number of piperazine rings is 1. The highest BCUT2D eigenvalue weighted by Gasteiger charge is 2.22. The summed E-state index contributed by atoms with van der Waals surface area (Å²) in [5.41, 5.74) is 2.12. The van der Waals surface area contributed by atoms with Gasteiger partial charge in [-0.2, -0.15) is 0 Å². The summed E-state index contributed by atoms with van der Waals surface area (Å²) in [5, 5.41) is 15.3. The van der Waals surface area contributed by atoms with E-state index in [1.807, 2.05) is 0 Å². The molecule has 168 valence electrons. The number of benzene rings is 2. The van der Waals surface area contributed by atoms with Crippen molar-refractivity contribution in [3.8, 4) is 0 Å². The SMILES string of the molecule is CCc1cccc2sc(N3CCN(CCNC(=O)c4cc(Cl)ccc4[N+](=O)[O-])CC3)nc12. The van der Waals surface area contributed by atoms with E-state index < -0.39 is 10.8 Å². The molecular weight excluding hydrogens is 450 g/mol. The lowest BCUT2D eigenvalue weighted by Gasteiger charge is -2.34. The van der Waals surface area contributed by atoms with E-state index in [0.29, 0.717) is 13.1 Å². The first-order chi connectivity index (χ1) is 15.5. The second-order valence-corrected chi connectivity index (χ2v) is 9.06. The number of para-hydroxylation sites is 1. The Morgan fingerprint density at radius 2 is 2.03 bits per heavy atom. The smallest absolute Gasteiger partial charge is 0.282 e. The summed E-state index contributed by atoms with van der Waals surface area (Å²) in [5.74, 6) is -0.487. The number of nitro groups is 1. The number of nitrogens with zero attached hydrogens (tertiary/aromatic N) is 4. The highest BCUT2D eigenvalue weighted by atomic mass is 35.5. The van der Waals surface area contributed by atoms with Gasteiger partial charge in [-0.1, -0.05) is 42.0 Å². The predicted octanol–water partition coefficient (Wildman–Crippen LogP) is 3.97. The number of nitrogens with one attached hydrogen (secondary N) is 1. The van der Waals surface area contributed by atoms with Crippen molar-refractivity contribution in [2.24, 2.45) is 0 Å². The zero-order valence-corrected chi connectivity index (χ0v) is 19.3. The number of nitro benzene ring substituents is 1. The van der Waals surface area contributed by atoms with Crippen LogP contribution in [0.5, 0.6) is 0 Å². The van der Waals surface area contributed by atoms with E-state index in [2.05, 4.69) is 40.2 Å². The molecule has 0 atom stereocenters. The Labute approximate surface area is 194 Å². The van der Waals surface area contributed by atoms with E-state index in [-0.39, 0.29) is 16.3 Å². The molecule has 0 spiro atoms. The number of hydrogen-bond acceptors (Lipinski definition) is 7. The number of aromatic nitrogens is 1. The number of carbonyl (C=O) groups is 1. The number of hydrogen-bond donors (Lipinski definition) is 1. The van der Waals surface area contributed by atoms with Gasteiger partial charge in [-0.3, -0.25) is 19.8 Å². The molecule has 3 aromatic rings. The van der Waals surface area contributed by atoms with Crippen LogP contribution in [-0.2, 0) is 6.42 Å². The standard InChI is InChI=1S/C22H24ClN5O3S/c1-2-15-4-3-5-19-20(15)25-22(32-19)27-12-10-26(11-13-27)9-8-24-21(29)17-14-16(23)6-7-18(17)28(30)31/h3-7,14H,2,8-13H2,1H3,(H,24,29). The van der Waals surface area contributed by atoms with E-state index in [1.165, 1.54) is 28.5 Å². The summed E-state index contributed by atoms with van der Waals surface area (Å²) < 4.78 is 1.22. The monoisotopic (exact) mass is 473 g/mol. The molecule has 1 amide bonds. The fourth-order valence-electron chi connectivity index (χ4n) is 3.85. The third kappa shape index (κ3) is 4.85. The van der Waals surface area contributed by atoms with E-state index in [0.717, 1.165) is 43.2 Å². The minimum absolute atomic E-state index is 0.0189. The van der Waals surface area contributed by atoms with Crippen LogP contribution in [0.1, 0.15) is 22.8 Å². The molecule has 1 aromatic heterocycles. The Morgan fingerprint density at radius 1 is 1.25 bits per heavy atom. The first kappa shape index (κ1) is 22.4. The number of amides is 1. The molecule has 1 N–H and O–H groups in total.